The lowest BCUT2D eigenvalue weighted by Gasteiger charge is -1.91. The fourth-order valence-electron chi connectivity index (χ4n) is 1.23. The minimum Gasteiger partial charge on any atom is -0.360 e. The molecule has 2 heteroatoms. The van der Waals surface area contributed by atoms with Crippen LogP contribution in [0.15, 0.2) is 47.3 Å². The molecule has 1 aromatic heterocycles. The third-order valence-electron chi connectivity index (χ3n) is 1.76. The van der Waals surface area contributed by atoms with E-state index in [4.69, 9.17) is 0 Å². The number of nitrogens with one attached hydrogen (secondary N) is 1. The Hall–Kier alpha value is -1.15. The first kappa shape index (κ1) is 7.50. The van der Waals surface area contributed by atoms with Gasteiger partial charge in [0.25, 0.3) is 0 Å². The topological polar surface area (TPSA) is 15.8 Å². The van der Waals surface area contributed by atoms with Gasteiger partial charge in [-0.05, 0) is 11.5 Å². The van der Waals surface area contributed by atoms with Crippen LogP contribution in [0.25, 0.3) is 10.9 Å². The van der Waals surface area contributed by atoms with Crippen molar-refractivity contribution in [2.45, 2.75) is 4.90 Å². The first-order valence-electron chi connectivity index (χ1n) is 3.75. The molecule has 0 aliphatic heterocycles. The minimum atomic E-state index is 1.18. The molecule has 0 atom stereocenters. The Morgan fingerprint density at radius 1 is 1.33 bits per heavy atom. The van der Waals surface area contributed by atoms with Crippen LogP contribution in [0.5, 0.6) is 0 Å². The molecular weight excluding hydrogens is 166 g/mol. The van der Waals surface area contributed by atoms with E-state index in [1.54, 1.807) is 11.8 Å². The van der Waals surface area contributed by atoms with Crippen molar-refractivity contribution >= 4 is 22.7 Å². The summed E-state index contributed by atoms with van der Waals surface area (Å²) in [6, 6.07) is 8.25. The minimum absolute atomic E-state index is 1.18. The lowest BCUT2D eigenvalue weighted by molar-refractivity contribution is 1.42. The Morgan fingerprint density at radius 3 is 3.00 bits per heavy atom. The molecule has 0 fully saturated rings. The van der Waals surface area contributed by atoms with Crippen molar-refractivity contribution < 1.29 is 0 Å². The summed E-state index contributed by atoms with van der Waals surface area (Å²) in [7, 11) is 0. The van der Waals surface area contributed by atoms with E-state index in [0.29, 0.717) is 0 Å². The second kappa shape index (κ2) is 3.07. The molecule has 1 nitrogen and oxygen atoms in total. The van der Waals surface area contributed by atoms with Gasteiger partial charge in [-0.15, -0.1) is 0 Å². The van der Waals surface area contributed by atoms with Gasteiger partial charge < -0.3 is 4.98 Å². The summed E-state index contributed by atoms with van der Waals surface area (Å²) < 4.78 is 0. The third-order valence-corrected chi connectivity index (χ3v) is 2.52. The van der Waals surface area contributed by atoms with E-state index < -0.39 is 0 Å². The molecule has 0 spiro atoms. The second-order valence-corrected chi connectivity index (χ2v) is 3.49. The lowest BCUT2D eigenvalue weighted by atomic mass is 10.2. The molecule has 1 aromatic carbocycles. The number of hydrogen-bond acceptors (Lipinski definition) is 1. The van der Waals surface area contributed by atoms with Gasteiger partial charge in [0.05, 0.1) is 0 Å². The molecule has 0 unspecified atom stereocenters. The van der Waals surface area contributed by atoms with E-state index >= 15 is 0 Å². The van der Waals surface area contributed by atoms with Gasteiger partial charge in [-0.3, -0.25) is 0 Å². The molecule has 0 radical (unpaired) electrons. The Bertz CT molecular complexity index is 403. The highest BCUT2D eigenvalue weighted by Crippen LogP contribution is 2.27. The van der Waals surface area contributed by atoms with Gasteiger partial charge in [-0.2, -0.15) is 0 Å². The van der Waals surface area contributed by atoms with E-state index in [9.17, 15) is 0 Å². The molecule has 1 heterocycles. The van der Waals surface area contributed by atoms with Crippen LogP contribution in [0.2, 0.25) is 0 Å². The van der Waals surface area contributed by atoms with Crippen LogP contribution in [0.4, 0.5) is 0 Å². The maximum atomic E-state index is 3.69. The Kier molecular flexibility index (Phi) is 1.92. The molecule has 0 aliphatic rings. The SMILES string of the molecule is C=CSc1c[nH]c2ccccc12. The molecule has 0 amide bonds. The highest BCUT2D eigenvalue weighted by atomic mass is 32.2. The monoisotopic (exact) mass is 175 g/mol. The van der Waals surface area contributed by atoms with Gasteiger partial charge in [0.1, 0.15) is 0 Å². The summed E-state index contributed by atoms with van der Waals surface area (Å²) >= 11 is 1.64. The molecule has 2 rings (SSSR count). The largest absolute Gasteiger partial charge is 0.360 e. The standard InChI is InChI=1S/C10H9NS/c1-2-12-10-7-11-9-6-4-3-5-8(9)10/h2-7,11H,1H2. The smallest absolute Gasteiger partial charge is 0.0465 e. The van der Waals surface area contributed by atoms with Crippen molar-refractivity contribution in [3.8, 4) is 0 Å². The van der Waals surface area contributed by atoms with Crippen molar-refractivity contribution in [2.75, 3.05) is 0 Å². The fourth-order valence-corrected chi connectivity index (χ4v) is 1.84. The van der Waals surface area contributed by atoms with Crippen LogP contribution >= 0.6 is 11.8 Å². The lowest BCUT2D eigenvalue weighted by Crippen LogP contribution is -1.64. The van der Waals surface area contributed by atoms with Gasteiger partial charge in [0, 0.05) is 22.0 Å². The van der Waals surface area contributed by atoms with Crippen molar-refractivity contribution in [3.63, 3.8) is 0 Å². The summed E-state index contributed by atoms with van der Waals surface area (Å²) in [5.74, 6) is 0. The summed E-state index contributed by atoms with van der Waals surface area (Å²) in [5.41, 5.74) is 1.18. The van der Waals surface area contributed by atoms with E-state index in [-0.39, 0.29) is 0 Å². The summed E-state index contributed by atoms with van der Waals surface area (Å²) in [6.45, 7) is 3.69. The molecule has 12 heavy (non-hydrogen) atoms. The zero-order valence-corrected chi connectivity index (χ0v) is 7.40. The third kappa shape index (κ3) is 1.14. The predicted octanol–water partition coefficient (Wildman–Crippen LogP) is 3.40. The van der Waals surface area contributed by atoms with Crippen LogP contribution in [0.3, 0.4) is 0 Å². The maximum Gasteiger partial charge on any atom is 0.0465 e. The van der Waals surface area contributed by atoms with Gasteiger partial charge in [0.15, 0.2) is 0 Å². The van der Waals surface area contributed by atoms with Crippen LogP contribution in [0.1, 0.15) is 0 Å². The normalized spacial score (nSPS) is 10.3. The zero-order valence-electron chi connectivity index (χ0n) is 6.58. The van der Waals surface area contributed by atoms with Crippen molar-refractivity contribution in [1.29, 1.82) is 0 Å². The molecular formula is C10H9NS. The van der Waals surface area contributed by atoms with Crippen LogP contribution in [-0.2, 0) is 0 Å². The number of para-hydroxylation sites is 1. The zero-order chi connectivity index (χ0) is 8.39. The predicted molar refractivity (Wildman–Crippen MR) is 54.4 cm³/mol. The first-order chi connectivity index (χ1) is 5.92. The first-order valence-corrected chi connectivity index (χ1v) is 4.63. The molecule has 2 aromatic rings. The van der Waals surface area contributed by atoms with E-state index in [1.807, 2.05) is 23.7 Å². The van der Waals surface area contributed by atoms with Crippen molar-refractivity contribution in [3.05, 3.63) is 42.4 Å². The number of rotatable bonds is 2. The van der Waals surface area contributed by atoms with Gasteiger partial charge in [-0.1, -0.05) is 36.5 Å². The number of hydrogen-bond donors (Lipinski definition) is 1. The Labute approximate surface area is 75.5 Å². The number of fused-ring (bicyclic) bond motifs is 1. The molecule has 0 saturated heterocycles. The van der Waals surface area contributed by atoms with E-state index in [2.05, 4.69) is 23.7 Å². The quantitative estimate of drug-likeness (QED) is 0.691. The van der Waals surface area contributed by atoms with Crippen LogP contribution in [0, 0.1) is 0 Å². The fraction of sp³-hybridized carbons (Fsp3) is 0. The number of benzene rings is 1. The van der Waals surface area contributed by atoms with Gasteiger partial charge in [0.2, 0.25) is 0 Å². The maximum absolute atomic E-state index is 3.69. The van der Waals surface area contributed by atoms with E-state index in [0.717, 1.165) is 0 Å². The van der Waals surface area contributed by atoms with Crippen LogP contribution in [-0.4, -0.2) is 4.98 Å². The Balaban J connectivity index is 2.62. The highest BCUT2D eigenvalue weighted by molar-refractivity contribution is 8.02. The molecule has 0 saturated carbocycles. The van der Waals surface area contributed by atoms with Crippen molar-refractivity contribution in [2.24, 2.45) is 0 Å². The van der Waals surface area contributed by atoms with E-state index in [1.165, 1.54) is 15.8 Å². The number of thioether (sulfide) groups is 1. The van der Waals surface area contributed by atoms with Gasteiger partial charge >= 0.3 is 0 Å². The average Bonchev–Trinajstić information content (AvgIpc) is 2.50. The van der Waals surface area contributed by atoms with Gasteiger partial charge in [-0.25, -0.2) is 0 Å². The highest BCUT2D eigenvalue weighted by Gasteiger charge is 1.99. The molecule has 60 valence electrons. The number of aromatic nitrogens is 1. The van der Waals surface area contributed by atoms with Crippen molar-refractivity contribution in [1.82, 2.24) is 4.98 Å². The molecule has 0 aliphatic carbocycles. The Morgan fingerprint density at radius 2 is 2.17 bits per heavy atom. The second-order valence-electron chi connectivity index (χ2n) is 2.48. The number of H-pyrrole nitrogens is 1. The summed E-state index contributed by atoms with van der Waals surface area (Å²) in [5, 5.41) is 3.11. The molecule has 1 N–H and O–H groups in total. The average molecular weight is 175 g/mol. The summed E-state index contributed by atoms with van der Waals surface area (Å²) in [4.78, 5) is 4.44. The molecule has 0 bridgehead atoms. The summed E-state index contributed by atoms with van der Waals surface area (Å²) in [6.07, 6.45) is 2.01. The van der Waals surface area contributed by atoms with Crippen LogP contribution < -0.4 is 0 Å². The number of aromatic amines is 1.